The molecule has 0 fully saturated rings. The van der Waals surface area contributed by atoms with Crippen molar-refractivity contribution in [3.05, 3.63) is 35.1 Å². The molecule has 0 radical (unpaired) electrons. The molecule has 22 heavy (non-hydrogen) atoms. The molecule has 0 spiro atoms. The summed E-state index contributed by atoms with van der Waals surface area (Å²) in [4.78, 5) is 7.94. The third-order valence-corrected chi connectivity index (χ3v) is 3.63. The predicted molar refractivity (Wildman–Crippen MR) is 70.4 cm³/mol. The van der Waals surface area contributed by atoms with Gasteiger partial charge in [-0.15, -0.1) is 16.4 Å². The summed E-state index contributed by atoms with van der Waals surface area (Å²) in [5.74, 6) is -0.0423. The van der Waals surface area contributed by atoms with Crippen LogP contribution in [-0.2, 0) is 6.18 Å². The van der Waals surface area contributed by atoms with Gasteiger partial charge in [0.1, 0.15) is 17.5 Å². The molecule has 3 aromatic rings. The normalized spacial score (nSPS) is 11.4. The number of nitrogens with zero attached hydrogens (tertiary/aromatic N) is 5. The van der Waals surface area contributed by atoms with Gasteiger partial charge < -0.3 is 0 Å². The van der Waals surface area contributed by atoms with Crippen LogP contribution >= 0.6 is 11.3 Å². The molecule has 10 heteroatoms. The first-order valence-corrected chi connectivity index (χ1v) is 6.67. The number of halogens is 3. The van der Waals surface area contributed by atoms with E-state index in [0.29, 0.717) is 16.1 Å². The van der Waals surface area contributed by atoms with Crippen LogP contribution in [0.25, 0.3) is 22.0 Å². The number of nitrogens with one attached hydrogen (secondary N) is 1. The van der Waals surface area contributed by atoms with Crippen molar-refractivity contribution >= 4 is 11.3 Å². The predicted octanol–water partition coefficient (Wildman–Crippen LogP) is 2.88. The molecule has 0 amide bonds. The van der Waals surface area contributed by atoms with Crippen molar-refractivity contribution in [3.8, 4) is 28.0 Å². The molecule has 0 aromatic carbocycles. The van der Waals surface area contributed by atoms with Crippen molar-refractivity contribution in [1.82, 2.24) is 25.4 Å². The van der Waals surface area contributed by atoms with Gasteiger partial charge in [-0.1, -0.05) is 0 Å². The summed E-state index contributed by atoms with van der Waals surface area (Å²) in [6.45, 7) is 0. The number of thiophene rings is 1. The molecule has 0 aliphatic rings. The van der Waals surface area contributed by atoms with Crippen LogP contribution in [0.4, 0.5) is 13.2 Å². The first-order valence-electron chi connectivity index (χ1n) is 5.79. The number of hydrogen-bond donors (Lipinski definition) is 1. The van der Waals surface area contributed by atoms with E-state index in [9.17, 15) is 13.2 Å². The summed E-state index contributed by atoms with van der Waals surface area (Å²) in [7, 11) is 0. The van der Waals surface area contributed by atoms with Crippen molar-refractivity contribution in [2.45, 2.75) is 6.18 Å². The molecule has 0 aliphatic carbocycles. The highest BCUT2D eigenvalue weighted by atomic mass is 32.1. The molecule has 0 saturated carbocycles. The van der Waals surface area contributed by atoms with Crippen molar-refractivity contribution in [2.75, 3.05) is 0 Å². The van der Waals surface area contributed by atoms with Crippen molar-refractivity contribution in [1.29, 1.82) is 5.26 Å². The van der Waals surface area contributed by atoms with Crippen LogP contribution < -0.4 is 0 Å². The molecule has 0 unspecified atom stereocenters. The largest absolute Gasteiger partial charge is 0.433 e. The Morgan fingerprint density at radius 3 is 2.82 bits per heavy atom. The molecular formula is C12H5F3N6S. The maximum absolute atomic E-state index is 12.7. The lowest BCUT2D eigenvalue weighted by Gasteiger charge is -2.05. The quantitative estimate of drug-likeness (QED) is 0.783. The monoisotopic (exact) mass is 322 g/mol. The van der Waals surface area contributed by atoms with Crippen LogP contribution in [0.15, 0.2) is 23.7 Å². The number of aromatic amines is 1. The molecule has 0 aliphatic heterocycles. The maximum Gasteiger partial charge on any atom is 0.433 e. The fraction of sp³-hybridized carbons (Fsp3) is 0.0833. The smallest absolute Gasteiger partial charge is 0.237 e. The molecule has 0 atom stereocenters. The van der Waals surface area contributed by atoms with Gasteiger partial charge in [-0.2, -0.15) is 28.7 Å². The van der Waals surface area contributed by atoms with E-state index in [1.54, 1.807) is 11.4 Å². The number of hydrogen-bond acceptors (Lipinski definition) is 6. The van der Waals surface area contributed by atoms with E-state index in [1.165, 1.54) is 11.3 Å². The zero-order chi connectivity index (χ0) is 15.7. The van der Waals surface area contributed by atoms with Crippen LogP contribution in [0.3, 0.4) is 0 Å². The SMILES string of the molecule is N#Cc1n[nH]nc1-c1cc(-c2nccc(C(F)(F)F)n2)cs1. The second-order valence-electron chi connectivity index (χ2n) is 4.10. The molecule has 0 saturated heterocycles. The Morgan fingerprint density at radius 1 is 1.27 bits per heavy atom. The van der Waals surface area contributed by atoms with E-state index in [-0.39, 0.29) is 11.5 Å². The Hall–Kier alpha value is -2.80. The lowest BCUT2D eigenvalue weighted by molar-refractivity contribution is -0.141. The molecule has 3 heterocycles. The van der Waals surface area contributed by atoms with E-state index in [2.05, 4.69) is 25.4 Å². The van der Waals surface area contributed by atoms with E-state index >= 15 is 0 Å². The van der Waals surface area contributed by atoms with Gasteiger partial charge in [0.15, 0.2) is 11.5 Å². The number of alkyl halides is 3. The minimum atomic E-state index is -4.53. The lowest BCUT2D eigenvalue weighted by Crippen LogP contribution is -2.08. The topological polar surface area (TPSA) is 91.1 Å². The second kappa shape index (κ2) is 5.19. The second-order valence-corrected chi connectivity index (χ2v) is 5.01. The van der Waals surface area contributed by atoms with Crippen LogP contribution in [-0.4, -0.2) is 25.4 Å². The zero-order valence-corrected chi connectivity index (χ0v) is 11.4. The number of aromatic nitrogens is 5. The van der Waals surface area contributed by atoms with Crippen LogP contribution in [0.2, 0.25) is 0 Å². The Labute approximate surface area is 125 Å². The van der Waals surface area contributed by atoms with E-state index in [0.717, 1.165) is 12.3 Å². The van der Waals surface area contributed by atoms with E-state index < -0.39 is 11.9 Å². The van der Waals surface area contributed by atoms with Gasteiger partial charge >= 0.3 is 6.18 Å². The highest BCUT2D eigenvalue weighted by molar-refractivity contribution is 7.14. The Kier molecular flexibility index (Phi) is 3.34. The van der Waals surface area contributed by atoms with Crippen LogP contribution in [0.1, 0.15) is 11.4 Å². The summed E-state index contributed by atoms with van der Waals surface area (Å²) in [6.07, 6.45) is -3.48. The molecule has 1 N–H and O–H groups in total. The van der Waals surface area contributed by atoms with E-state index in [4.69, 9.17) is 5.26 Å². The number of rotatable bonds is 2. The third kappa shape index (κ3) is 2.53. The van der Waals surface area contributed by atoms with E-state index in [1.807, 2.05) is 6.07 Å². The molecule has 110 valence electrons. The van der Waals surface area contributed by atoms with Gasteiger partial charge in [-0.3, -0.25) is 0 Å². The van der Waals surface area contributed by atoms with Gasteiger partial charge in [0.05, 0.1) is 4.88 Å². The first kappa shape index (κ1) is 14.2. The Morgan fingerprint density at radius 2 is 2.09 bits per heavy atom. The Balaban J connectivity index is 2.00. The number of H-pyrrole nitrogens is 1. The number of nitriles is 1. The maximum atomic E-state index is 12.7. The van der Waals surface area contributed by atoms with Gasteiger partial charge in [0.2, 0.25) is 0 Å². The van der Waals surface area contributed by atoms with Gasteiger partial charge in [-0.05, 0) is 12.1 Å². The summed E-state index contributed by atoms with van der Waals surface area (Å²) in [6, 6.07) is 4.25. The first-order chi connectivity index (χ1) is 10.5. The fourth-order valence-corrected chi connectivity index (χ4v) is 2.59. The molecule has 3 rings (SSSR count). The molecule has 0 bridgehead atoms. The lowest BCUT2D eigenvalue weighted by atomic mass is 10.2. The van der Waals surface area contributed by atoms with Gasteiger partial charge in [0, 0.05) is 17.1 Å². The third-order valence-electron chi connectivity index (χ3n) is 2.69. The summed E-state index contributed by atoms with van der Waals surface area (Å²) < 4.78 is 38.0. The standard InChI is InChI=1S/C12H5F3N6S/c13-12(14,15)9-1-2-17-11(18-9)6-3-8(22-5-6)10-7(4-16)19-21-20-10/h1-3,5H,(H,19,20,21). The highest BCUT2D eigenvalue weighted by Gasteiger charge is 2.32. The average Bonchev–Trinajstić information content (AvgIpc) is 3.15. The molecular weight excluding hydrogens is 317 g/mol. The van der Waals surface area contributed by atoms with Gasteiger partial charge in [-0.25, -0.2) is 9.97 Å². The van der Waals surface area contributed by atoms with Crippen molar-refractivity contribution < 1.29 is 13.2 Å². The molecule has 6 nitrogen and oxygen atoms in total. The van der Waals surface area contributed by atoms with Gasteiger partial charge in [0.25, 0.3) is 0 Å². The zero-order valence-electron chi connectivity index (χ0n) is 10.6. The minimum absolute atomic E-state index is 0.0423. The fourth-order valence-electron chi connectivity index (χ4n) is 1.71. The summed E-state index contributed by atoms with van der Waals surface area (Å²) in [5, 5.41) is 20.3. The molecule has 3 aromatic heterocycles. The van der Waals surface area contributed by atoms with Crippen LogP contribution in [0.5, 0.6) is 0 Å². The summed E-state index contributed by atoms with van der Waals surface area (Å²) >= 11 is 1.21. The average molecular weight is 322 g/mol. The highest BCUT2D eigenvalue weighted by Crippen LogP contribution is 2.33. The minimum Gasteiger partial charge on any atom is -0.237 e. The van der Waals surface area contributed by atoms with Crippen molar-refractivity contribution in [2.24, 2.45) is 0 Å². The van der Waals surface area contributed by atoms with Crippen LogP contribution in [0, 0.1) is 11.3 Å². The Bertz CT molecular complexity index is 860. The van der Waals surface area contributed by atoms with Crippen molar-refractivity contribution in [3.63, 3.8) is 0 Å². The summed E-state index contributed by atoms with van der Waals surface area (Å²) in [5.41, 5.74) is -0.147.